The van der Waals surface area contributed by atoms with Crippen molar-refractivity contribution in [2.45, 2.75) is 51.0 Å². The van der Waals surface area contributed by atoms with E-state index in [1.165, 1.54) is 44.1 Å². The van der Waals surface area contributed by atoms with Crippen molar-refractivity contribution in [3.63, 3.8) is 0 Å². The molecule has 1 atom stereocenters. The number of halogens is 1. The maximum Gasteiger partial charge on any atom is 0.123 e. The predicted octanol–water partition coefficient (Wildman–Crippen LogP) is 4.31. The van der Waals surface area contributed by atoms with E-state index in [-0.39, 0.29) is 0 Å². The van der Waals surface area contributed by atoms with E-state index in [2.05, 4.69) is 39.4 Å². The SMILES string of the molecule is Brc1ccc2c(c1)CC(CNCCCC1CCCC1)O2. The lowest BCUT2D eigenvalue weighted by molar-refractivity contribution is 0.227. The van der Waals surface area contributed by atoms with Crippen LogP contribution in [0.3, 0.4) is 0 Å². The fourth-order valence-electron chi connectivity index (χ4n) is 3.48. The lowest BCUT2D eigenvalue weighted by atomic mass is 10.0. The Balaban J connectivity index is 1.32. The molecule has 2 nitrogen and oxygen atoms in total. The molecule has 1 N–H and O–H groups in total. The van der Waals surface area contributed by atoms with E-state index in [0.717, 1.165) is 35.7 Å². The molecule has 0 bridgehead atoms. The topological polar surface area (TPSA) is 21.3 Å². The van der Waals surface area contributed by atoms with Crippen LogP contribution in [0.1, 0.15) is 44.1 Å². The smallest absolute Gasteiger partial charge is 0.123 e. The third-order valence-electron chi connectivity index (χ3n) is 4.58. The molecule has 1 aromatic rings. The molecule has 0 aromatic heterocycles. The van der Waals surface area contributed by atoms with Gasteiger partial charge in [-0.3, -0.25) is 0 Å². The van der Waals surface area contributed by atoms with Gasteiger partial charge in [0.25, 0.3) is 0 Å². The molecule has 0 radical (unpaired) electrons. The monoisotopic (exact) mass is 337 g/mol. The van der Waals surface area contributed by atoms with E-state index in [4.69, 9.17) is 4.74 Å². The van der Waals surface area contributed by atoms with Crippen LogP contribution in [0.15, 0.2) is 22.7 Å². The molecule has 2 aliphatic rings. The Morgan fingerprint density at radius 2 is 2.10 bits per heavy atom. The van der Waals surface area contributed by atoms with E-state index in [1.54, 1.807) is 0 Å². The number of ether oxygens (including phenoxy) is 1. The summed E-state index contributed by atoms with van der Waals surface area (Å²) in [5.41, 5.74) is 1.33. The molecular formula is C17H24BrNO. The van der Waals surface area contributed by atoms with Gasteiger partial charge in [0.1, 0.15) is 11.9 Å². The first kappa shape index (κ1) is 14.4. The maximum atomic E-state index is 5.96. The van der Waals surface area contributed by atoms with E-state index >= 15 is 0 Å². The molecule has 0 saturated heterocycles. The number of benzene rings is 1. The van der Waals surface area contributed by atoms with Gasteiger partial charge in [0.15, 0.2) is 0 Å². The number of hydrogen-bond acceptors (Lipinski definition) is 2. The summed E-state index contributed by atoms with van der Waals surface area (Å²) in [6.07, 6.45) is 9.92. The molecule has 1 aliphatic heterocycles. The van der Waals surface area contributed by atoms with E-state index in [9.17, 15) is 0 Å². The Morgan fingerprint density at radius 1 is 1.25 bits per heavy atom. The van der Waals surface area contributed by atoms with Gasteiger partial charge >= 0.3 is 0 Å². The highest BCUT2D eigenvalue weighted by Crippen LogP contribution is 2.31. The number of rotatable bonds is 6. The normalized spacial score (nSPS) is 21.9. The molecule has 1 heterocycles. The summed E-state index contributed by atoms with van der Waals surface area (Å²) in [7, 11) is 0. The number of nitrogens with one attached hydrogen (secondary N) is 1. The van der Waals surface area contributed by atoms with Crippen LogP contribution in [0.25, 0.3) is 0 Å². The second kappa shape index (κ2) is 6.95. The highest BCUT2D eigenvalue weighted by atomic mass is 79.9. The third-order valence-corrected chi connectivity index (χ3v) is 5.07. The molecule has 1 aliphatic carbocycles. The average molecular weight is 338 g/mol. The Bertz CT molecular complexity index is 443. The zero-order valence-corrected chi connectivity index (χ0v) is 13.6. The molecule has 1 saturated carbocycles. The second-order valence-corrected chi connectivity index (χ2v) is 7.11. The van der Waals surface area contributed by atoms with Crippen molar-refractivity contribution in [3.8, 4) is 5.75 Å². The van der Waals surface area contributed by atoms with Gasteiger partial charge in [-0.05, 0) is 49.1 Å². The summed E-state index contributed by atoms with van der Waals surface area (Å²) in [5.74, 6) is 2.08. The van der Waals surface area contributed by atoms with E-state index < -0.39 is 0 Å². The molecule has 0 amide bonds. The minimum atomic E-state index is 0.311. The highest BCUT2D eigenvalue weighted by Gasteiger charge is 2.22. The Kier molecular flexibility index (Phi) is 5.00. The molecule has 1 unspecified atom stereocenters. The molecule has 110 valence electrons. The average Bonchev–Trinajstić information content (AvgIpc) is 3.06. The lowest BCUT2D eigenvalue weighted by Crippen LogP contribution is -2.30. The summed E-state index contributed by atoms with van der Waals surface area (Å²) >= 11 is 3.52. The van der Waals surface area contributed by atoms with Gasteiger partial charge in [-0.15, -0.1) is 0 Å². The van der Waals surface area contributed by atoms with Crippen molar-refractivity contribution >= 4 is 15.9 Å². The first-order valence-corrected chi connectivity index (χ1v) is 8.76. The summed E-state index contributed by atoms with van der Waals surface area (Å²) in [4.78, 5) is 0. The molecule has 0 spiro atoms. The zero-order chi connectivity index (χ0) is 13.8. The second-order valence-electron chi connectivity index (χ2n) is 6.19. The van der Waals surface area contributed by atoms with Gasteiger partial charge in [-0.2, -0.15) is 0 Å². The Labute approximate surface area is 130 Å². The van der Waals surface area contributed by atoms with Crippen LogP contribution in [-0.2, 0) is 6.42 Å². The molecular weight excluding hydrogens is 314 g/mol. The van der Waals surface area contributed by atoms with Crippen molar-refractivity contribution in [1.29, 1.82) is 0 Å². The molecule has 20 heavy (non-hydrogen) atoms. The van der Waals surface area contributed by atoms with Crippen LogP contribution in [0.2, 0.25) is 0 Å². The first-order valence-electron chi connectivity index (χ1n) is 7.97. The number of fused-ring (bicyclic) bond motifs is 1. The largest absolute Gasteiger partial charge is 0.488 e. The highest BCUT2D eigenvalue weighted by molar-refractivity contribution is 9.10. The fourth-order valence-corrected chi connectivity index (χ4v) is 3.89. The van der Waals surface area contributed by atoms with Gasteiger partial charge in [0.05, 0.1) is 0 Å². The maximum absolute atomic E-state index is 5.96. The minimum Gasteiger partial charge on any atom is -0.488 e. The standard InChI is InChI=1S/C17H24BrNO/c18-15-7-8-17-14(10-15)11-16(20-17)12-19-9-3-6-13-4-1-2-5-13/h7-8,10,13,16,19H,1-6,9,11-12H2. The van der Waals surface area contributed by atoms with Crippen molar-refractivity contribution in [2.24, 2.45) is 5.92 Å². The summed E-state index contributed by atoms with van der Waals surface area (Å²) in [6, 6.07) is 6.30. The quantitative estimate of drug-likeness (QED) is 0.781. The third kappa shape index (κ3) is 3.76. The summed E-state index contributed by atoms with van der Waals surface area (Å²) in [5, 5.41) is 3.56. The van der Waals surface area contributed by atoms with Gasteiger partial charge in [0, 0.05) is 17.4 Å². The van der Waals surface area contributed by atoms with Crippen LogP contribution < -0.4 is 10.1 Å². The van der Waals surface area contributed by atoms with Crippen LogP contribution in [0.5, 0.6) is 5.75 Å². The van der Waals surface area contributed by atoms with Crippen molar-refractivity contribution in [3.05, 3.63) is 28.2 Å². The zero-order valence-electron chi connectivity index (χ0n) is 12.0. The van der Waals surface area contributed by atoms with Gasteiger partial charge in [-0.25, -0.2) is 0 Å². The van der Waals surface area contributed by atoms with Crippen LogP contribution in [-0.4, -0.2) is 19.2 Å². The van der Waals surface area contributed by atoms with Crippen molar-refractivity contribution in [1.82, 2.24) is 5.32 Å². The molecule has 1 fully saturated rings. The van der Waals surface area contributed by atoms with Gasteiger partial charge in [0.2, 0.25) is 0 Å². The predicted molar refractivity (Wildman–Crippen MR) is 86.3 cm³/mol. The lowest BCUT2D eigenvalue weighted by Gasteiger charge is -2.13. The minimum absolute atomic E-state index is 0.311. The molecule has 1 aromatic carbocycles. The van der Waals surface area contributed by atoms with Crippen molar-refractivity contribution in [2.75, 3.05) is 13.1 Å². The van der Waals surface area contributed by atoms with Gasteiger partial charge < -0.3 is 10.1 Å². The summed E-state index contributed by atoms with van der Waals surface area (Å²) < 4.78 is 7.10. The van der Waals surface area contributed by atoms with Crippen LogP contribution >= 0.6 is 15.9 Å². The number of hydrogen-bond donors (Lipinski definition) is 1. The van der Waals surface area contributed by atoms with Gasteiger partial charge in [-0.1, -0.05) is 41.6 Å². The van der Waals surface area contributed by atoms with Crippen LogP contribution in [0.4, 0.5) is 0 Å². The Hall–Kier alpha value is -0.540. The fraction of sp³-hybridized carbons (Fsp3) is 0.647. The molecule has 3 heteroatoms. The van der Waals surface area contributed by atoms with Crippen molar-refractivity contribution < 1.29 is 4.74 Å². The molecule has 3 rings (SSSR count). The Morgan fingerprint density at radius 3 is 2.95 bits per heavy atom. The van der Waals surface area contributed by atoms with E-state index in [0.29, 0.717) is 6.10 Å². The summed E-state index contributed by atoms with van der Waals surface area (Å²) in [6.45, 7) is 2.10. The van der Waals surface area contributed by atoms with E-state index in [1.807, 2.05) is 0 Å². The first-order chi connectivity index (χ1) is 9.81. The van der Waals surface area contributed by atoms with Crippen LogP contribution in [0, 0.1) is 5.92 Å².